The highest BCUT2D eigenvalue weighted by Crippen LogP contribution is 2.14. The summed E-state index contributed by atoms with van der Waals surface area (Å²) in [4.78, 5) is 25.8. The summed E-state index contributed by atoms with van der Waals surface area (Å²) < 4.78 is 14.3. The van der Waals surface area contributed by atoms with E-state index in [0.717, 1.165) is 10.6 Å². The zero-order valence-corrected chi connectivity index (χ0v) is 8.27. The van der Waals surface area contributed by atoms with Crippen molar-refractivity contribution < 1.29 is 14.3 Å². The summed E-state index contributed by atoms with van der Waals surface area (Å²) in [7, 11) is 1.31. The van der Waals surface area contributed by atoms with E-state index in [0.29, 0.717) is 5.39 Å². The quantitative estimate of drug-likeness (QED) is 0.723. The number of carboxylic acids is 1. The Balaban J connectivity index is 3.00. The van der Waals surface area contributed by atoms with Gasteiger partial charge >= 0.3 is 5.97 Å². The second kappa shape index (κ2) is 3.41. The van der Waals surface area contributed by atoms with Crippen LogP contribution in [0.15, 0.2) is 23.1 Å². The normalized spacial score (nSPS) is 10.6. The molecule has 0 aliphatic heterocycles. The molecule has 0 aliphatic carbocycles. The summed E-state index contributed by atoms with van der Waals surface area (Å²) in [5, 5.41) is 9.12. The third-order valence-corrected chi connectivity index (χ3v) is 2.31. The van der Waals surface area contributed by atoms with E-state index >= 15 is 0 Å². The van der Waals surface area contributed by atoms with E-state index in [4.69, 9.17) is 5.11 Å². The first-order valence-corrected chi connectivity index (χ1v) is 4.40. The van der Waals surface area contributed by atoms with Crippen molar-refractivity contribution >= 4 is 16.9 Å². The van der Waals surface area contributed by atoms with Crippen LogP contribution in [0, 0.1) is 5.95 Å². The molecule has 2 aromatic rings. The number of aromatic nitrogens is 2. The van der Waals surface area contributed by atoms with Crippen molar-refractivity contribution in [2.75, 3.05) is 0 Å². The smallest absolute Gasteiger partial charge is 0.341 e. The minimum atomic E-state index is -1.33. The van der Waals surface area contributed by atoms with Gasteiger partial charge in [0, 0.05) is 18.6 Å². The van der Waals surface area contributed by atoms with E-state index in [1.54, 1.807) is 0 Å². The number of halogens is 1. The SMILES string of the molecule is Cn1c(=O)c(C(=O)O)cc2ccnc(F)c21. The first-order valence-electron chi connectivity index (χ1n) is 4.40. The average Bonchev–Trinajstić information content (AvgIpc) is 2.22. The molecule has 16 heavy (non-hydrogen) atoms. The Morgan fingerprint density at radius 1 is 1.56 bits per heavy atom. The van der Waals surface area contributed by atoms with Crippen molar-refractivity contribution in [1.82, 2.24) is 9.55 Å². The summed E-state index contributed by atoms with van der Waals surface area (Å²) in [5.74, 6) is -2.13. The molecule has 2 aromatic heterocycles. The maximum atomic E-state index is 13.3. The fraction of sp³-hybridized carbons (Fsp3) is 0.100. The molecule has 2 rings (SSSR count). The van der Waals surface area contributed by atoms with Gasteiger partial charge in [-0.2, -0.15) is 4.39 Å². The molecule has 82 valence electrons. The lowest BCUT2D eigenvalue weighted by molar-refractivity contribution is 0.0694. The van der Waals surface area contributed by atoms with Crippen molar-refractivity contribution in [3.8, 4) is 0 Å². The Hall–Kier alpha value is -2.24. The number of aromatic carboxylic acids is 1. The minimum absolute atomic E-state index is 0.00231. The van der Waals surface area contributed by atoms with Crippen LogP contribution in [0.2, 0.25) is 0 Å². The minimum Gasteiger partial charge on any atom is -0.477 e. The van der Waals surface area contributed by atoms with E-state index in [2.05, 4.69) is 4.98 Å². The largest absolute Gasteiger partial charge is 0.477 e. The third-order valence-electron chi connectivity index (χ3n) is 2.31. The van der Waals surface area contributed by atoms with Gasteiger partial charge in [-0.25, -0.2) is 9.78 Å². The van der Waals surface area contributed by atoms with Crippen molar-refractivity contribution in [3.05, 3.63) is 40.2 Å². The molecule has 0 unspecified atom stereocenters. The molecule has 0 saturated heterocycles. The van der Waals surface area contributed by atoms with E-state index in [9.17, 15) is 14.0 Å². The topological polar surface area (TPSA) is 72.2 Å². The van der Waals surface area contributed by atoms with Gasteiger partial charge in [-0.05, 0) is 12.1 Å². The summed E-state index contributed by atoms with van der Waals surface area (Å²) >= 11 is 0. The molecule has 2 heterocycles. The molecular weight excluding hydrogens is 215 g/mol. The van der Waals surface area contributed by atoms with Crippen molar-refractivity contribution in [1.29, 1.82) is 0 Å². The third kappa shape index (κ3) is 1.35. The Labute approximate surface area is 88.8 Å². The number of rotatable bonds is 1. The molecule has 0 fully saturated rings. The number of pyridine rings is 2. The number of fused-ring (bicyclic) bond motifs is 1. The van der Waals surface area contributed by atoms with Crippen LogP contribution < -0.4 is 5.56 Å². The molecule has 0 aliphatic rings. The van der Waals surface area contributed by atoms with Crippen LogP contribution in [-0.4, -0.2) is 20.6 Å². The second-order valence-electron chi connectivity index (χ2n) is 3.27. The van der Waals surface area contributed by atoms with Gasteiger partial charge in [0.1, 0.15) is 11.1 Å². The molecule has 0 aromatic carbocycles. The van der Waals surface area contributed by atoms with Gasteiger partial charge in [-0.3, -0.25) is 4.79 Å². The Bertz CT molecular complexity index is 648. The Morgan fingerprint density at radius 3 is 2.88 bits per heavy atom. The molecular formula is C10H7FN2O3. The van der Waals surface area contributed by atoms with Crippen LogP contribution in [0.3, 0.4) is 0 Å². The summed E-state index contributed by atoms with van der Waals surface area (Å²) in [6.45, 7) is 0. The lowest BCUT2D eigenvalue weighted by Gasteiger charge is -2.06. The van der Waals surface area contributed by atoms with Gasteiger partial charge in [-0.1, -0.05) is 0 Å². The molecule has 5 nitrogen and oxygen atoms in total. The highest BCUT2D eigenvalue weighted by atomic mass is 19.1. The van der Waals surface area contributed by atoms with Crippen LogP contribution in [-0.2, 0) is 7.05 Å². The first-order chi connectivity index (χ1) is 7.52. The maximum absolute atomic E-state index is 13.3. The van der Waals surface area contributed by atoms with Gasteiger partial charge in [-0.15, -0.1) is 0 Å². The predicted molar refractivity (Wildman–Crippen MR) is 53.9 cm³/mol. The van der Waals surface area contributed by atoms with Gasteiger partial charge in [0.15, 0.2) is 0 Å². The molecule has 0 atom stereocenters. The number of nitrogens with zero attached hydrogens (tertiary/aromatic N) is 2. The van der Waals surface area contributed by atoms with Crippen LogP contribution in [0.5, 0.6) is 0 Å². The molecule has 1 N–H and O–H groups in total. The van der Waals surface area contributed by atoms with Gasteiger partial charge in [0.2, 0.25) is 5.95 Å². The Kier molecular flexibility index (Phi) is 2.19. The lowest BCUT2D eigenvalue weighted by atomic mass is 10.2. The van der Waals surface area contributed by atoms with E-state index < -0.39 is 17.5 Å². The number of carboxylic acid groups (broad SMARTS) is 1. The van der Waals surface area contributed by atoms with Gasteiger partial charge < -0.3 is 9.67 Å². The van der Waals surface area contributed by atoms with Gasteiger partial charge in [0.05, 0.1) is 0 Å². The van der Waals surface area contributed by atoms with Crippen LogP contribution in [0.25, 0.3) is 10.9 Å². The second-order valence-corrected chi connectivity index (χ2v) is 3.27. The Morgan fingerprint density at radius 2 is 2.25 bits per heavy atom. The average molecular weight is 222 g/mol. The van der Waals surface area contributed by atoms with Crippen molar-refractivity contribution in [2.24, 2.45) is 7.05 Å². The monoisotopic (exact) mass is 222 g/mol. The number of aryl methyl sites for hydroxylation is 1. The summed E-state index contributed by atoms with van der Waals surface area (Å²) in [6, 6.07) is 2.59. The van der Waals surface area contributed by atoms with Crippen LogP contribution in [0.1, 0.15) is 10.4 Å². The molecule has 0 saturated carbocycles. The van der Waals surface area contributed by atoms with Gasteiger partial charge in [0.25, 0.3) is 5.56 Å². The first kappa shape index (κ1) is 10.3. The maximum Gasteiger partial charge on any atom is 0.341 e. The fourth-order valence-electron chi connectivity index (χ4n) is 1.54. The molecule has 6 heteroatoms. The molecule has 0 bridgehead atoms. The van der Waals surface area contributed by atoms with Crippen LogP contribution in [0.4, 0.5) is 4.39 Å². The highest BCUT2D eigenvalue weighted by Gasteiger charge is 2.14. The standard InChI is InChI=1S/C10H7FN2O3/c1-13-7-5(2-3-12-8(7)11)4-6(9(13)14)10(15)16/h2-4H,1H3,(H,15,16). The predicted octanol–water partition coefficient (Wildman–Crippen LogP) is 0.771. The van der Waals surface area contributed by atoms with Crippen LogP contribution >= 0.6 is 0 Å². The molecule has 0 amide bonds. The lowest BCUT2D eigenvalue weighted by Crippen LogP contribution is -2.25. The number of carbonyl (C=O) groups is 1. The summed E-state index contributed by atoms with van der Waals surface area (Å²) in [5.41, 5.74) is -1.15. The highest BCUT2D eigenvalue weighted by molar-refractivity contribution is 5.92. The van der Waals surface area contributed by atoms with E-state index in [1.807, 2.05) is 0 Å². The van der Waals surface area contributed by atoms with E-state index in [-0.39, 0.29) is 11.1 Å². The summed E-state index contributed by atoms with van der Waals surface area (Å²) in [6.07, 6.45) is 1.22. The fourth-order valence-corrected chi connectivity index (χ4v) is 1.54. The molecule has 0 spiro atoms. The number of hydrogen-bond donors (Lipinski definition) is 1. The zero-order valence-electron chi connectivity index (χ0n) is 8.27. The molecule has 0 radical (unpaired) electrons. The number of hydrogen-bond acceptors (Lipinski definition) is 3. The van der Waals surface area contributed by atoms with Crippen molar-refractivity contribution in [3.63, 3.8) is 0 Å². The van der Waals surface area contributed by atoms with Crippen molar-refractivity contribution in [2.45, 2.75) is 0 Å². The van der Waals surface area contributed by atoms with E-state index in [1.165, 1.54) is 19.3 Å². The zero-order chi connectivity index (χ0) is 11.9.